The second kappa shape index (κ2) is 5.75. The highest BCUT2D eigenvalue weighted by Crippen LogP contribution is 2.30. The molecule has 21 heavy (non-hydrogen) atoms. The number of nitrogens with zero attached hydrogens (tertiary/aromatic N) is 2. The minimum Gasteiger partial charge on any atom is -0.398 e. The largest absolute Gasteiger partial charge is 0.398 e. The number of hydrogen-bond donors (Lipinski definition) is 1. The first-order valence-corrected chi connectivity index (χ1v) is 8.83. The lowest BCUT2D eigenvalue weighted by molar-refractivity contribution is 0.462. The van der Waals surface area contributed by atoms with Gasteiger partial charge >= 0.3 is 0 Å². The van der Waals surface area contributed by atoms with Gasteiger partial charge in [-0.15, -0.1) is 11.3 Å². The Bertz CT molecular complexity index is 727. The minimum absolute atomic E-state index is 0.249. The van der Waals surface area contributed by atoms with Gasteiger partial charge in [0, 0.05) is 18.1 Å². The summed E-state index contributed by atoms with van der Waals surface area (Å²) >= 11 is 1.45. The van der Waals surface area contributed by atoms with Gasteiger partial charge in [0.25, 0.3) is 0 Å². The zero-order valence-electron chi connectivity index (χ0n) is 12.5. The van der Waals surface area contributed by atoms with E-state index in [0.717, 1.165) is 16.8 Å². The summed E-state index contributed by atoms with van der Waals surface area (Å²) in [6.07, 6.45) is 0. The van der Waals surface area contributed by atoms with Crippen molar-refractivity contribution in [2.75, 3.05) is 12.8 Å². The molecule has 1 heterocycles. The van der Waals surface area contributed by atoms with Crippen molar-refractivity contribution < 1.29 is 8.42 Å². The number of benzene rings is 1. The third-order valence-corrected chi connectivity index (χ3v) is 6.33. The van der Waals surface area contributed by atoms with Crippen LogP contribution in [-0.4, -0.2) is 24.8 Å². The monoisotopic (exact) mass is 325 g/mol. The lowest BCUT2D eigenvalue weighted by Crippen LogP contribution is -2.28. The average Bonchev–Trinajstić information content (AvgIpc) is 2.89. The SMILES string of the molecule is Cc1cc(N)c(C)c(S(=O)(=O)N(C)Cc2cscn2)c1C. The Morgan fingerprint density at radius 3 is 2.52 bits per heavy atom. The molecule has 0 aliphatic rings. The fourth-order valence-electron chi connectivity index (χ4n) is 2.21. The minimum atomic E-state index is -3.60. The number of nitrogen functional groups attached to an aromatic ring is 1. The van der Waals surface area contributed by atoms with Crippen molar-refractivity contribution in [3.05, 3.63) is 39.3 Å². The second-order valence-electron chi connectivity index (χ2n) is 5.10. The van der Waals surface area contributed by atoms with Crippen molar-refractivity contribution in [3.63, 3.8) is 0 Å². The molecule has 0 spiro atoms. The topological polar surface area (TPSA) is 76.3 Å². The van der Waals surface area contributed by atoms with Gasteiger partial charge in [0.15, 0.2) is 0 Å². The van der Waals surface area contributed by atoms with Crippen LogP contribution in [0.1, 0.15) is 22.4 Å². The lowest BCUT2D eigenvalue weighted by Gasteiger charge is -2.21. The molecule has 0 bridgehead atoms. The standard InChI is InChI=1S/C14H19N3O2S2/c1-9-5-13(15)11(3)14(10(9)2)21(18,19)17(4)6-12-7-20-8-16-12/h5,7-8H,6,15H2,1-4H3. The van der Waals surface area contributed by atoms with Crippen LogP contribution in [0, 0.1) is 20.8 Å². The maximum Gasteiger partial charge on any atom is 0.243 e. The van der Waals surface area contributed by atoms with Crippen LogP contribution in [0.3, 0.4) is 0 Å². The number of rotatable bonds is 4. The summed E-state index contributed by atoms with van der Waals surface area (Å²) in [5.41, 5.74) is 11.1. The number of aromatic nitrogens is 1. The predicted molar refractivity (Wildman–Crippen MR) is 85.8 cm³/mol. The van der Waals surface area contributed by atoms with E-state index in [1.807, 2.05) is 25.3 Å². The molecule has 0 unspecified atom stereocenters. The normalized spacial score (nSPS) is 12.0. The summed E-state index contributed by atoms with van der Waals surface area (Å²) in [5.74, 6) is 0. The lowest BCUT2D eigenvalue weighted by atomic mass is 10.1. The molecule has 0 aliphatic carbocycles. The summed E-state index contributed by atoms with van der Waals surface area (Å²) in [7, 11) is -2.04. The van der Waals surface area contributed by atoms with Gasteiger partial charge in [0.05, 0.1) is 22.6 Å². The van der Waals surface area contributed by atoms with Gasteiger partial charge in [-0.1, -0.05) is 0 Å². The van der Waals surface area contributed by atoms with Crippen LogP contribution in [0.4, 0.5) is 5.69 Å². The van der Waals surface area contributed by atoms with E-state index < -0.39 is 10.0 Å². The Labute approximate surface area is 129 Å². The number of sulfonamides is 1. The first kappa shape index (κ1) is 15.9. The third-order valence-electron chi connectivity index (χ3n) is 3.61. The van der Waals surface area contributed by atoms with E-state index in [1.165, 1.54) is 15.6 Å². The number of aryl methyl sites for hydroxylation is 1. The number of hydrogen-bond acceptors (Lipinski definition) is 5. The molecule has 0 atom stereocenters. The van der Waals surface area contributed by atoms with Crippen molar-refractivity contribution in [3.8, 4) is 0 Å². The first-order valence-electron chi connectivity index (χ1n) is 6.44. The summed E-state index contributed by atoms with van der Waals surface area (Å²) < 4.78 is 27.0. The molecule has 114 valence electrons. The quantitative estimate of drug-likeness (QED) is 0.876. The summed E-state index contributed by atoms with van der Waals surface area (Å²) in [4.78, 5) is 4.43. The third kappa shape index (κ3) is 2.95. The number of anilines is 1. The van der Waals surface area contributed by atoms with Gasteiger partial charge < -0.3 is 5.73 Å². The summed E-state index contributed by atoms with van der Waals surface area (Å²) in [6, 6.07) is 1.81. The van der Waals surface area contributed by atoms with Crippen LogP contribution in [0.5, 0.6) is 0 Å². The van der Waals surface area contributed by atoms with Crippen molar-refractivity contribution in [2.45, 2.75) is 32.2 Å². The van der Waals surface area contributed by atoms with E-state index in [1.54, 1.807) is 19.5 Å². The molecule has 1 aromatic heterocycles. The molecule has 2 aromatic rings. The Hall–Kier alpha value is -1.44. The van der Waals surface area contributed by atoms with Crippen LogP contribution >= 0.6 is 11.3 Å². The molecule has 1 aromatic carbocycles. The Kier molecular flexibility index (Phi) is 4.36. The highest BCUT2D eigenvalue weighted by molar-refractivity contribution is 7.89. The van der Waals surface area contributed by atoms with E-state index in [-0.39, 0.29) is 6.54 Å². The molecule has 0 saturated heterocycles. The summed E-state index contributed by atoms with van der Waals surface area (Å²) in [6.45, 7) is 5.67. The van der Waals surface area contributed by atoms with E-state index in [4.69, 9.17) is 5.73 Å². The molecule has 2 N–H and O–H groups in total. The second-order valence-corrected chi connectivity index (χ2v) is 7.80. The predicted octanol–water partition coefficient (Wildman–Crippen LogP) is 2.47. The van der Waals surface area contributed by atoms with Crippen molar-refractivity contribution in [1.82, 2.24) is 9.29 Å². The van der Waals surface area contributed by atoms with E-state index in [9.17, 15) is 8.42 Å². The van der Waals surface area contributed by atoms with Crippen LogP contribution < -0.4 is 5.73 Å². The molecule has 2 rings (SSSR count). The van der Waals surface area contributed by atoms with E-state index >= 15 is 0 Å². The molecule has 0 fully saturated rings. The highest BCUT2D eigenvalue weighted by Gasteiger charge is 2.27. The Morgan fingerprint density at radius 1 is 1.29 bits per heavy atom. The van der Waals surface area contributed by atoms with Gasteiger partial charge in [0.2, 0.25) is 10.0 Å². The zero-order chi connectivity index (χ0) is 15.8. The van der Waals surface area contributed by atoms with E-state index in [2.05, 4.69) is 4.98 Å². The Balaban J connectivity index is 2.49. The molecule has 0 radical (unpaired) electrons. The van der Waals surface area contributed by atoms with Crippen LogP contribution in [0.2, 0.25) is 0 Å². The molecule has 0 aliphatic heterocycles. The van der Waals surface area contributed by atoms with Crippen LogP contribution in [0.25, 0.3) is 0 Å². The number of thiazole rings is 1. The van der Waals surface area contributed by atoms with E-state index in [0.29, 0.717) is 16.1 Å². The highest BCUT2D eigenvalue weighted by atomic mass is 32.2. The fourth-order valence-corrected chi connectivity index (χ4v) is 4.43. The maximum absolute atomic E-state index is 12.9. The maximum atomic E-state index is 12.9. The van der Waals surface area contributed by atoms with Gasteiger partial charge in [-0.05, 0) is 43.5 Å². The smallest absolute Gasteiger partial charge is 0.243 e. The number of nitrogens with two attached hydrogens (primary N) is 1. The molecular weight excluding hydrogens is 306 g/mol. The van der Waals surface area contributed by atoms with Gasteiger partial charge in [0.1, 0.15) is 0 Å². The van der Waals surface area contributed by atoms with Crippen molar-refractivity contribution in [2.24, 2.45) is 0 Å². The first-order chi connectivity index (χ1) is 9.75. The van der Waals surface area contributed by atoms with Gasteiger partial charge in [-0.2, -0.15) is 4.31 Å². The van der Waals surface area contributed by atoms with Crippen LogP contribution in [0.15, 0.2) is 21.9 Å². The molecule has 0 saturated carbocycles. The fraction of sp³-hybridized carbons (Fsp3) is 0.357. The van der Waals surface area contributed by atoms with Crippen LogP contribution in [-0.2, 0) is 16.6 Å². The van der Waals surface area contributed by atoms with Crippen molar-refractivity contribution >= 4 is 27.0 Å². The van der Waals surface area contributed by atoms with Gasteiger partial charge in [-0.3, -0.25) is 0 Å². The van der Waals surface area contributed by atoms with Gasteiger partial charge in [-0.25, -0.2) is 13.4 Å². The zero-order valence-corrected chi connectivity index (χ0v) is 14.2. The average molecular weight is 325 g/mol. The molecular formula is C14H19N3O2S2. The van der Waals surface area contributed by atoms with Crippen molar-refractivity contribution in [1.29, 1.82) is 0 Å². The molecule has 5 nitrogen and oxygen atoms in total. The summed E-state index contributed by atoms with van der Waals surface area (Å²) in [5, 5.41) is 1.84. The molecule has 7 heteroatoms. The Morgan fingerprint density at radius 2 is 1.95 bits per heavy atom. The molecule has 0 amide bonds.